The molecule has 0 saturated carbocycles. The summed E-state index contributed by atoms with van der Waals surface area (Å²) in [5.74, 6) is 1.14. The summed E-state index contributed by atoms with van der Waals surface area (Å²) in [5, 5.41) is 3.44. The van der Waals surface area contributed by atoms with E-state index in [4.69, 9.17) is 14.5 Å². The molecule has 27 heavy (non-hydrogen) atoms. The number of nitrogens with zero attached hydrogens (tertiary/aromatic N) is 3. The SMILES string of the molecule is CCNC(=NCC1(SC)CCOCC1)N1CCN(C(=O)C2CCCO2)CC1. The van der Waals surface area contributed by atoms with E-state index in [1.165, 1.54) is 0 Å². The van der Waals surface area contributed by atoms with Gasteiger partial charge < -0.3 is 24.6 Å². The van der Waals surface area contributed by atoms with E-state index >= 15 is 0 Å². The summed E-state index contributed by atoms with van der Waals surface area (Å²) in [5.41, 5.74) is 0. The lowest BCUT2D eigenvalue weighted by atomic mass is 9.99. The Balaban J connectivity index is 1.56. The van der Waals surface area contributed by atoms with Crippen molar-refractivity contribution in [2.45, 2.75) is 43.5 Å². The normalized spacial score (nSPS) is 26.3. The lowest BCUT2D eigenvalue weighted by Gasteiger charge is -2.38. The van der Waals surface area contributed by atoms with Gasteiger partial charge in [0.15, 0.2) is 5.96 Å². The number of guanidine groups is 1. The maximum atomic E-state index is 12.5. The zero-order valence-electron chi connectivity index (χ0n) is 16.7. The molecule has 3 aliphatic rings. The van der Waals surface area contributed by atoms with Crippen LogP contribution in [0.5, 0.6) is 0 Å². The fourth-order valence-corrected chi connectivity index (χ4v) is 4.70. The average molecular weight is 399 g/mol. The van der Waals surface area contributed by atoms with E-state index in [2.05, 4.69) is 23.4 Å². The van der Waals surface area contributed by atoms with Gasteiger partial charge >= 0.3 is 0 Å². The van der Waals surface area contributed by atoms with E-state index < -0.39 is 0 Å². The molecule has 1 atom stereocenters. The number of carbonyl (C=O) groups is 1. The molecular weight excluding hydrogens is 364 g/mol. The van der Waals surface area contributed by atoms with Gasteiger partial charge in [-0.2, -0.15) is 11.8 Å². The molecule has 8 heteroatoms. The number of aliphatic imine (C=N–C) groups is 1. The van der Waals surface area contributed by atoms with E-state index in [9.17, 15) is 4.79 Å². The van der Waals surface area contributed by atoms with Crippen LogP contribution in [0, 0.1) is 0 Å². The molecule has 0 radical (unpaired) electrons. The molecule has 3 aliphatic heterocycles. The quantitative estimate of drug-likeness (QED) is 0.554. The number of rotatable bonds is 5. The molecule has 1 amide bonds. The Morgan fingerprint density at radius 1 is 1.19 bits per heavy atom. The highest BCUT2D eigenvalue weighted by molar-refractivity contribution is 8.00. The number of hydrogen-bond acceptors (Lipinski definition) is 5. The zero-order valence-corrected chi connectivity index (χ0v) is 17.6. The average Bonchev–Trinajstić information content (AvgIpc) is 3.26. The molecular formula is C19H34N4O3S. The zero-order chi connectivity index (χ0) is 19.1. The highest BCUT2D eigenvalue weighted by atomic mass is 32.2. The Morgan fingerprint density at radius 2 is 1.89 bits per heavy atom. The fourth-order valence-electron chi connectivity index (χ4n) is 3.93. The highest BCUT2D eigenvalue weighted by Gasteiger charge is 2.33. The lowest BCUT2D eigenvalue weighted by molar-refractivity contribution is -0.142. The number of ether oxygens (including phenoxy) is 2. The summed E-state index contributed by atoms with van der Waals surface area (Å²) in [4.78, 5) is 21.8. The van der Waals surface area contributed by atoms with Gasteiger partial charge in [-0.3, -0.25) is 9.79 Å². The molecule has 0 aromatic heterocycles. The molecule has 3 fully saturated rings. The maximum Gasteiger partial charge on any atom is 0.251 e. The van der Waals surface area contributed by atoms with Crippen molar-refractivity contribution < 1.29 is 14.3 Å². The Morgan fingerprint density at radius 3 is 2.48 bits per heavy atom. The van der Waals surface area contributed by atoms with Crippen LogP contribution in [-0.2, 0) is 14.3 Å². The van der Waals surface area contributed by atoms with Crippen molar-refractivity contribution >= 4 is 23.6 Å². The highest BCUT2D eigenvalue weighted by Crippen LogP contribution is 2.34. The van der Waals surface area contributed by atoms with Gasteiger partial charge in [0.25, 0.3) is 5.91 Å². The van der Waals surface area contributed by atoms with Gasteiger partial charge in [-0.15, -0.1) is 0 Å². The van der Waals surface area contributed by atoms with E-state index in [1.54, 1.807) is 0 Å². The summed E-state index contributed by atoms with van der Waals surface area (Å²) >= 11 is 1.92. The Kier molecular flexibility index (Phi) is 7.66. The van der Waals surface area contributed by atoms with E-state index in [0.29, 0.717) is 0 Å². The molecule has 3 rings (SSSR count). The Labute approximate surface area is 167 Å². The number of thioether (sulfide) groups is 1. The van der Waals surface area contributed by atoms with Crippen LogP contribution in [0.15, 0.2) is 4.99 Å². The standard InChI is InChI=1S/C19H34N4O3S/c1-3-20-18(21-15-19(27-2)6-13-25-14-7-19)23-10-8-22(9-11-23)17(24)16-5-4-12-26-16/h16H,3-15H2,1-2H3,(H,20,21). The number of nitrogens with one attached hydrogen (secondary N) is 1. The summed E-state index contributed by atoms with van der Waals surface area (Å²) < 4.78 is 11.3. The van der Waals surface area contributed by atoms with E-state index in [1.807, 2.05) is 16.7 Å². The van der Waals surface area contributed by atoms with Crippen LogP contribution >= 0.6 is 11.8 Å². The topological polar surface area (TPSA) is 66.4 Å². The van der Waals surface area contributed by atoms with Gasteiger partial charge in [-0.25, -0.2) is 0 Å². The molecule has 3 heterocycles. The predicted molar refractivity (Wildman–Crippen MR) is 109 cm³/mol. The number of carbonyl (C=O) groups excluding carboxylic acids is 1. The van der Waals surface area contributed by atoms with Gasteiger partial charge in [0.05, 0.1) is 6.54 Å². The van der Waals surface area contributed by atoms with Crippen molar-refractivity contribution in [3.8, 4) is 0 Å². The lowest BCUT2D eigenvalue weighted by Crippen LogP contribution is -2.55. The van der Waals surface area contributed by atoms with Crippen molar-refractivity contribution in [1.29, 1.82) is 0 Å². The molecule has 0 spiro atoms. The molecule has 0 aromatic rings. The van der Waals surface area contributed by atoms with Crippen LogP contribution in [0.3, 0.4) is 0 Å². The minimum atomic E-state index is -0.214. The Hall–Kier alpha value is -0.990. The summed E-state index contributed by atoms with van der Waals surface area (Å²) in [6.07, 6.45) is 5.94. The predicted octanol–water partition coefficient (Wildman–Crippen LogP) is 1.19. The summed E-state index contributed by atoms with van der Waals surface area (Å²) in [7, 11) is 0. The first-order valence-corrected chi connectivity index (χ1v) is 11.5. The van der Waals surface area contributed by atoms with Gasteiger partial charge in [0, 0.05) is 57.3 Å². The molecule has 1 unspecified atom stereocenters. The van der Waals surface area contributed by atoms with Gasteiger partial charge in [-0.1, -0.05) is 0 Å². The first kappa shape index (κ1) is 20.7. The van der Waals surface area contributed by atoms with Crippen molar-refractivity contribution in [1.82, 2.24) is 15.1 Å². The number of amides is 1. The largest absolute Gasteiger partial charge is 0.381 e. The van der Waals surface area contributed by atoms with Crippen molar-refractivity contribution in [3.63, 3.8) is 0 Å². The van der Waals surface area contributed by atoms with Crippen molar-refractivity contribution in [2.75, 3.05) is 65.3 Å². The molecule has 154 valence electrons. The van der Waals surface area contributed by atoms with Crippen LogP contribution in [0.1, 0.15) is 32.6 Å². The smallest absolute Gasteiger partial charge is 0.251 e. The second-order valence-electron chi connectivity index (χ2n) is 7.48. The van der Waals surface area contributed by atoms with Gasteiger partial charge in [0.1, 0.15) is 6.10 Å². The summed E-state index contributed by atoms with van der Waals surface area (Å²) in [6.45, 7) is 9.27. The molecule has 0 aromatic carbocycles. The minimum absolute atomic E-state index is 0.164. The van der Waals surface area contributed by atoms with Crippen molar-refractivity contribution in [2.24, 2.45) is 4.99 Å². The van der Waals surface area contributed by atoms with Crippen molar-refractivity contribution in [3.05, 3.63) is 0 Å². The maximum absolute atomic E-state index is 12.5. The third kappa shape index (κ3) is 5.29. The molecule has 3 saturated heterocycles. The van der Waals surface area contributed by atoms with Crippen LogP contribution in [0.4, 0.5) is 0 Å². The van der Waals surface area contributed by atoms with Crippen LogP contribution in [0.2, 0.25) is 0 Å². The second kappa shape index (κ2) is 9.98. The monoisotopic (exact) mass is 398 g/mol. The van der Waals surface area contributed by atoms with E-state index in [0.717, 1.165) is 90.7 Å². The number of piperazine rings is 1. The van der Waals surface area contributed by atoms with E-state index in [-0.39, 0.29) is 16.8 Å². The second-order valence-corrected chi connectivity index (χ2v) is 8.76. The minimum Gasteiger partial charge on any atom is -0.381 e. The first-order valence-electron chi connectivity index (χ1n) is 10.2. The third-order valence-corrected chi connectivity index (χ3v) is 7.19. The van der Waals surface area contributed by atoms with Gasteiger partial charge in [0.2, 0.25) is 0 Å². The third-order valence-electron chi connectivity index (χ3n) is 5.78. The molecule has 1 N–H and O–H groups in total. The number of hydrogen-bond donors (Lipinski definition) is 1. The molecule has 7 nitrogen and oxygen atoms in total. The fraction of sp³-hybridized carbons (Fsp3) is 0.895. The van der Waals surface area contributed by atoms with Crippen LogP contribution in [-0.4, -0.2) is 97.9 Å². The van der Waals surface area contributed by atoms with Crippen LogP contribution in [0.25, 0.3) is 0 Å². The van der Waals surface area contributed by atoms with Crippen LogP contribution < -0.4 is 5.32 Å². The Bertz CT molecular complexity index is 511. The molecule has 0 aliphatic carbocycles. The first-order chi connectivity index (χ1) is 13.2. The van der Waals surface area contributed by atoms with Gasteiger partial charge in [-0.05, 0) is 38.9 Å². The summed E-state index contributed by atoms with van der Waals surface area (Å²) in [6, 6.07) is 0. The molecule has 0 bridgehead atoms.